The first-order valence-electron chi connectivity index (χ1n) is 7.73. The zero-order valence-corrected chi connectivity index (χ0v) is 13.7. The Bertz CT molecular complexity index is 473. The van der Waals surface area contributed by atoms with Crippen LogP contribution < -0.4 is 9.47 Å². The highest BCUT2D eigenvalue weighted by Gasteiger charge is 2.08. The van der Waals surface area contributed by atoms with E-state index in [4.69, 9.17) is 21.1 Å². The number of alkyl halides is 1. The molecule has 1 rings (SSSR count). The van der Waals surface area contributed by atoms with Crippen molar-refractivity contribution >= 4 is 23.5 Å². The van der Waals surface area contributed by atoms with Crippen LogP contribution in [0.15, 0.2) is 24.3 Å². The molecule has 1 aromatic carbocycles. The summed E-state index contributed by atoms with van der Waals surface area (Å²) in [6.45, 7) is 2.15. The van der Waals surface area contributed by atoms with Crippen molar-refractivity contribution in [1.82, 2.24) is 0 Å². The van der Waals surface area contributed by atoms with Crippen LogP contribution in [0, 0.1) is 0 Å². The first kappa shape index (κ1) is 18.5. The Labute approximate surface area is 136 Å². The van der Waals surface area contributed by atoms with Gasteiger partial charge in [-0.15, -0.1) is 11.6 Å². The van der Waals surface area contributed by atoms with Crippen LogP contribution in [0.5, 0.6) is 11.5 Å². The highest BCUT2D eigenvalue weighted by molar-refractivity contribution is 6.18. The van der Waals surface area contributed by atoms with Gasteiger partial charge >= 0.3 is 11.9 Å². The average Bonchev–Trinajstić information content (AvgIpc) is 2.47. The lowest BCUT2D eigenvalue weighted by molar-refractivity contribution is -0.134. The Balaban J connectivity index is 2.38. The molecule has 0 saturated carbocycles. The third-order valence-corrected chi connectivity index (χ3v) is 3.24. The number of benzene rings is 1. The molecule has 0 aliphatic carbocycles. The van der Waals surface area contributed by atoms with Crippen LogP contribution in [0.3, 0.4) is 0 Å². The SMILES string of the molecule is CCCCCCCC(=O)Oc1cccc(OC(=O)CCCl)c1. The summed E-state index contributed by atoms with van der Waals surface area (Å²) < 4.78 is 10.3. The highest BCUT2D eigenvalue weighted by atomic mass is 35.5. The highest BCUT2D eigenvalue weighted by Crippen LogP contribution is 2.20. The van der Waals surface area contributed by atoms with E-state index in [1.165, 1.54) is 18.9 Å². The lowest BCUT2D eigenvalue weighted by atomic mass is 10.1. The smallest absolute Gasteiger partial charge is 0.312 e. The molecule has 0 aliphatic heterocycles. The maximum absolute atomic E-state index is 11.7. The second kappa shape index (κ2) is 11.1. The number of carbonyl (C=O) groups is 2. The minimum atomic E-state index is -0.408. The maximum Gasteiger partial charge on any atom is 0.312 e. The van der Waals surface area contributed by atoms with Crippen LogP contribution in [-0.4, -0.2) is 17.8 Å². The fourth-order valence-electron chi connectivity index (χ4n) is 1.92. The van der Waals surface area contributed by atoms with Gasteiger partial charge in [0.1, 0.15) is 11.5 Å². The molecule has 0 spiro atoms. The molecule has 22 heavy (non-hydrogen) atoms. The molecule has 0 aliphatic rings. The van der Waals surface area contributed by atoms with Crippen LogP contribution in [0.2, 0.25) is 0 Å². The van der Waals surface area contributed by atoms with Gasteiger partial charge in [0.05, 0.1) is 6.42 Å². The predicted molar refractivity (Wildman–Crippen MR) is 86.4 cm³/mol. The molecule has 1 aromatic rings. The van der Waals surface area contributed by atoms with E-state index in [1.54, 1.807) is 18.2 Å². The normalized spacial score (nSPS) is 10.3. The second-order valence-corrected chi connectivity index (χ2v) is 5.40. The van der Waals surface area contributed by atoms with E-state index >= 15 is 0 Å². The van der Waals surface area contributed by atoms with Gasteiger partial charge in [0, 0.05) is 18.4 Å². The number of unbranched alkanes of at least 4 members (excludes halogenated alkanes) is 4. The van der Waals surface area contributed by atoms with Gasteiger partial charge in [-0.3, -0.25) is 9.59 Å². The first-order valence-corrected chi connectivity index (χ1v) is 8.26. The summed E-state index contributed by atoms with van der Waals surface area (Å²) >= 11 is 5.47. The third-order valence-electron chi connectivity index (χ3n) is 3.05. The minimum absolute atomic E-state index is 0.142. The van der Waals surface area contributed by atoms with Crippen LogP contribution in [-0.2, 0) is 9.59 Å². The van der Waals surface area contributed by atoms with E-state index in [9.17, 15) is 9.59 Å². The Kier molecular flexibility index (Phi) is 9.31. The zero-order valence-electron chi connectivity index (χ0n) is 13.0. The molecule has 0 aromatic heterocycles. The maximum atomic E-state index is 11.7. The van der Waals surface area contributed by atoms with E-state index in [-0.39, 0.29) is 18.3 Å². The number of halogens is 1. The van der Waals surface area contributed by atoms with E-state index in [2.05, 4.69) is 6.92 Å². The molecule has 0 amide bonds. The Morgan fingerprint density at radius 1 is 0.955 bits per heavy atom. The van der Waals surface area contributed by atoms with Gasteiger partial charge in [-0.1, -0.05) is 38.7 Å². The minimum Gasteiger partial charge on any atom is -0.426 e. The van der Waals surface area contributed by atoms with Gasteiger partial charge in [-0.05, 0) is 18.6 Å². The van der Waals surface area contributed by atoms with Crippen LogP contribution in [0.4, 0.5) is 0 Å². The fourth-order valence-corrected chi connectivity index (χ4v) is 2.07. The number of esters is 2. The molecular formula is C17H23ClO4. The number of carbonyl (C=O) groups excluding carboxylic acids is 2. The predicted octanol–water partition coefficient (Wildman–Crippen LogP) is 4.49. The standard InChI is InChI=1S/C17H23ClO4/c1-2-3-4-5-6-10-16(19)21-14-8-7-9-15(13-14)22-17(20)11-12-18/h7-9,13H,2-6,10-12H2,1H3. The van der Waals surface area contributed by atoms with Crippen molar-refractivity contribution in [2.24, 2.45) is 0 Å². The molecule has 122 valence electrons. The molecule has 0 N–H and O–H groups in total. The summed E-state index contributed by atoms with van der Waals surface area (Å²) in [7, 11) is 0. The fraction of sp³-hybridized carbons (Fsp3) is 0.529. The molecular weight excluding hydrogens is 304 g/mol. The van der Waals surface area contributed by atoms with Crippen molar-refractivity contribution in [2.45, 2.75) is 51.9 Å². The van der Waals surface area contributed by atoms with Gasteiger partial charge in [-0.2, -0.15) is 0 Å². The molecule has 0 fully saturated rings. The molecule has 0 atom stereocenters. The molecule has 4 nitrogen and oxygen atoms in total. The number of ether oxygens (including phenoxy) is 2. The number of hydrogen-bond donors (Lipinski definition) is 0. The summed E-state index contributed by atoms with van der Waals surface area (Å²) in [4.78, 5) is 23.1. The van der Waals surface area contributed by atoms with Crippen molar-refractivity contribution in [2.75, 3.05) is 5.88 Å². The van der Waals surface area contributed by atoms with E-state index < -0.39 is 5.97 Å². The molecule has 5 heteroatoms. The van der Waals surface area contributed by atoms with E-state index in [0.717, 1.165) is 19.3 Å². The Morgan fingerprint density at radius 3 is 2.14 bits per heavy atom. The average molecular weight is 327 g/mol. The molecule has 0 heterocycles. The van der Waals surface area contributed by atoms with Gasteiger partial charge in [0.25, 0.3) is 0 Å². The lowest BCUT2D eigenvalue weighted by Gasteiger charge is -2.07. The largest absolute Gasteiger partial charge is 0.426 e. The summed E-state index contributed by atoms with van der Waals surface area (Å²) in [5, 5.41) is 0. The van der Waals surface area contributed by atoms with Crippen molar-refractivity contribution in [1.29, 1.82) is 0 Å². The summed E-state index contributed by atoms with van der Waals surface area (Å²) in [6, 6.07) is 6.50. The Morgan fingerprint density at radius 2 is 1.55 bits per heavy atom. The van der Waals surface area contributed by atoms with Gasteiger partial charge in [-0.25, -0.2) is 0 Å². The lowest BCUT2D eigenvalue weighted by Crippen LogP contribution is -2.09. The summed E-state index contributed by atoms with van der Waals surface area (Å²) in [5.74, 6) is 0.277. The first-order chi connectivity index (χ1) is 10.7. The van der Waals surface area contributed by atoms with Crippen molar-refractivity contribution in [3.63, 3.8) is 0 Å². The quantitative estimate of drug-likeness (QED) is 0.275. The van der Waals surface area contributed by atoms with Gasteiger partial charge in [0.2, 0.25) is 0 Å². The van der Waals surface area contributed by atoms with Crippen molar-refractivity contribution in [3.05, 3.63) is 24.3 Å². The zero-order chi connectivity index (χ0) is 16.2. The summed E-state index contributed by atoms with van der Waals surface area (Å²) in [6.07, 6.45) is 5.95. The second-order valence-electron chi connectivity index (χ2n) is 5.03. The van der Waals surface area contributed by atoms with E-state index in [0.29, 0.717) is 17.9 Å². The van der Waals surface area contributed by atoms with E-state index in [1.807, 2.05) is 0 Å². The number of rotatable bonds is 10. The van der Waals surface area contributed by atoms with Gasteiger partial charge in [0.15, 0.2) is 0 Å². The van der Waals surface area contributed by atoms with Gasteiger partial charge < -0.3 is 9.47 Å². The molecule has 0 radical (unpaired) electrons. The Hall–Kier alpha value is -1.55. The number of hydrogen-bond acceptors (Lipinski definition) is 4. The third kappa shape index (κ3) is 8.03. The topological polar surface area (TPSA) is 52.6 Å². The summed E-state index contributed by atoms with van der Waals surface area (Å²) in [5.41, 5.74) is 0. The monoisotopic (exact) mass is 326 g/mol. The molecule has 0 bridgehead atoms. The van der Waals surface area contributed by atoms with Crippen LogP contribution in [0.25, 0.3) is 0 Å². The van der Waals surface area contributed by atoms with Crippen LogP contribution in [0.1, 0.15) is 51.9 Å². The molecule has 0 unspecified atom stereocenters. The molecule has 0 saturated heterocycles. The van der Waals surface area contributed by atoms with Crippen molar-refractivity contribution in [3.8, 4) is 11.5 Å². The van der Waals surface area contributed by atoms with Crippen LogP contribution >= 0.6 is 11.6 Å². The van der Waals surface area contributed by atoms with Crippen molar-refractivity contribution < 1.29 is 19.1 Å².